The van der Waals surface area contributed by atoms with Crippen molar-refractivity contribution in [3.8, 4) is 23.0 Å². The van der Waals surface area contributed by atoms with Crippen LogP contribution in [-0.4, -0.2) is 84.3 Å². The minimum Gasteiger partial charge on any atom is -0.497 e. The van der Waals surface area contributed by atoms with Crippen LogP contribution in [0.15, 0.2) is 65.6 Å². The van der Waals surface area contributed by atoms with E-state index in [0.29, 0.717) is 67.8 Å². The highest BCUT2D eigenvalue weighted by molar-refractivity contribution is 7.89. The van der Waals surface area contributed by atoms with Crippen molar-refractivity contribution in [2.24, 2.45) is 0 Å². The fourth-order valence-corrected chi connectivity index (χ4v) is 6.58. The Kier molecular flexibility index (Phi) is 8.67. The van der Waals surface area contributed by atoms with E-state index in [0.717, 1.165) is 11.1 Å². The Morgan fingerprint density at radius 2 is 1.49 bits per heavy atom. The van der Waals surface area contributed by atoms with Crippen molar-refractivity contribution in [2.75, 3.05) is 60.8 Å². The standard InChI is InChI=1S/C30H34N2O8S/c1-36-23-6-8-24(9-7-23)40-20-27-26-19-29(38-3)28(37-2)18-22(26)12-13-32(27)30(33)21-4-10-25(11-5-21)41(34,35)31-14-16-39-17-15-31/h4-11,18-19,27H,12-17,20H2,1-3H3/t27-/m1/s1. The van der Waals surface area contributed by atoms with E-state index in [4.69, 9.17) is 23.7 Å². The Labute approximate surface area is 240 Å². The van der Waals surface area contributed by atoms with Gasteiger partial charge >= 0.3 is 0 Å². The molecule has 10 nitrogen and oxygen atoms in total. The normalized spacial score (nSPS) is 17.4. The molecule has 0 bridgehead atoms. The summed E-state index contributed by atoms with van der Waals surface area (Å²) in [4.78, 5) is 15.8. The van der Waals surface area contributed by atoms with Crippen molar-refractivity contribution in [2.45, 2.75) is 17.4 Å². The number of sulfonamides is 1. The Balaban J connectivity index is 1.43. The minimum absolute atomic E-state index is 0.149. The Hall–Kier alpha value is -3.80. The van der Waals surface area contributed by atoms with Crippen LogP contribution in [0, 0.1) is 0 Å². The first-order chi connectivity index (χ1) is 19.8. The number of ether oxygens (including phenoxy) is 5. The van der Waals surface area contributed by atoms with Crippen LogP contribution in [0.1, 0.15) is 27.5 Å². The Bertz CT molecular complexity index is 1470. The molecule has 11 heteroatoms. The summed E-state index contributed by atoms with van der Waals surface area (Å²) in [5.41, 5.74) is 2.34. The topological polar surface area (TPSA) is 104 Å². The van der Waals surface area contributed by atoms with E-state index >= 15 is 0 Å². The van der Waals surface area contributed by atoms with E-state index < -0.39 is 16.1 Å². The molecular formula is C30H34N2O8S. The second-order valence-corrected chi connectivity index (χ2v) is 11.6. The van der Waals surface area contributed by atoms with Crippen LogP contribution >= 0.6 is 0 Å². The molecule has 41 heavy (non-hydrogen) atoms. The van der Waals surface area contributed by atoms with Crippen LogP contribution in [0.3, 0.4) is 0 Å². The van der Waals surface area contributed by atoms with Crippen LogP contribution in [0.2, 0.25) is 0 Å². The molecule has 3 aromatic carbocycles. The van der Waals surface area contributed by atoms with Crippen LogP contribution < -0.4 is 18.9 Å². The molecule has 0 radical (unpaired) electrons. The van der Waals surface area contributed by atoms with Gasteiger partial charge in [0.05, 0.1) is 45.5 Å². The van der Waals surface area contributed by atoms with Gasteiger partial charge in [-0.3, -0.25) is 4.79 Å². The lowest BCUT2D eigenvalue weighted by Crippen LogP contribution is -2.42. The minimum atomic E-state index is -3.67. The van der Waals surface area contributed by atoms with E-state index in [9.17, 15) is 13.2 Å². The van der Waals surface area contributed by atoms with Gasteiger partial charge in [0.15, 0.2) is 11.5 Å². The lowest BCUT2D eigenvalue weighted by atomic mass is 9.91. The molecule has 1 saturated heterocycles. The molecule has 0 aromatic heterocycles. The molecule has 5 rings (SSSR count). The maximum atomic E-state index is 13.9. The number of amides is 1. The van der Waals surface area contributed by atoms with Gasteiger partial charge in [0.1, 0.15) is 18.1 Å². The molecule has 2 heterocycles. The van der Waals surface area contributed by atoms with Gasteiger partial charge in [-0.2, -0.15) is 4.31 Å². The molecule has 0 unspecified atom stereocenters. The van der Waals surface area contributed by atoms with E-state index in [2.05, 4.69) is 0 Å². The highest BCUT2D eigenvalue weighted by Gasteiger charge is 2.34. The number of hydrogen-bond donors (Lipinski definition) is 0. The zero-order valence-electron chi connectivity index (χ0n) is 23.4. The number of nitrogens with zero attached hydrogens (tertiary/aromatic N) is 2. The van der Waals surface area contributed by atoms with Gasteiger partial charge in [-0.1, -0.05) is 0 Å². The van der Waals surface area contributed by atoms with Gasteiger partial charge in [-0.25, -0.2) is 8.42 Å². The summed E-state index contributed by atoms with van der Waals surface area (Å²) in [7, 11) is 1.10. The molecule has 0 spiro atoms. The van der Waals surface area contributed by atoms with Gasteiger partial charge in [-0.15, -0.1) is 0 Å². The Morgan fingerprint density at radius 3 is 2.12 bits per heavy atom. The number of carbonyl (C=O) groups excluding carboxylic acids is 1. The molecule has 0 saturated carbocycles. The van der Waals surface area contributed by atoms with Crippen molar-refractivity contribution >= 4 is 15.9 Å². The zero-order chi connectivity index (χ0) is 29.0. The molecule has 2 aliphatic rings. The summed E-state index contributed by atoms with van der Waals surface area (Å²) in [6.07, 6.45) is 0.615. The van der Waals surface area contributed by atoms with Crippen LogP contribution in [0.4, 0.5) is 0 Å². The van der Waals surface area contributed by atoms with Crippen molar-refractivity contribution in [3.63, 3.8) is 0 Å². The summed E-state index contributed by atoms with van der Waals surface area (Å²) in [6, 6.07) is 16.8. The summed E-state index contributed by atoms with van der Waals surface area (Å²) in [5.74, 6) is 2.33. The van der Waals surface area contributed by atoms with E-state index in [-0.39, 0.29) is 17.4 Å². The highest BCUT2D eigenvalue weighted by Crippen LogP contribution is 2.39. The smallest absolute Gasteiger partial charge is 0.254 e. The maximum absolute atomic E-state index is 13.9. The van der Waals surface area contributed by atoms with E-state index in [1.54, 1.807) is 38.4 Å². The van der Waals surface area contributed by atoms with Crippen LogP contribution in [-0.2, 0) is 21.2 Å². The second-order valence-electron chi connectivity index (χ2n) is 9.70. The maximum Gasteiger partial charge on any atom is 0.254 e. The quantitative estimate of drug-likeness (QED) is 0.378. The number of rotatable bonds is 9. The summed E-state index contributed by atoms with van der Waals surface area (Å²) < 4.78 is 55.3. The lowest BCUT2D eigenvalue weighted by Gasteiger charge is -2.37. The first-order valence-corrected chi connectivity index (χ1v) is 14.8. The molecule has 1 atom stereocenters. The third kappa shape index (κ3) is 5.97. The molecule has 0 aliphatic carbocycles. The number of methoxy groups -OCH3 is 3. The van der Waals surface area contributed by atoms with Gasteiger partial charge in [0.25, 0.3) is 5.91 Å². The average Bonchev–Trinajstić information content (AvgIpc) is 3.03. The summed E-state index contributed by atoms with van der Waals surface area (Å²) >= 11 is 0. The second kappa shape index (κ2) is 12.4. The Morgan fingerprint density at radius 1 is 0.854 bits per heavy atom. The van der Waals surface area contributed by atoms with E-state index in [1.807, 2.05) is 36.4 Å². The van der Waals surface area contributed by atoms with Crippen molar-refractivity contribution in [1.29, 1.82) is 0 Å². The van der Waals surface area contributed by atoms with Crippen LogP contribution in [0.25, 0.3) is 0 Å². The lowest BCUT2D eigenvalue weighted by molar-refractivity contribution is 0.0589. The van der Waals surface area contributed by atoms with Crippen molar-refractivity contribution in [1.82, 2.24) is 9.21 Å². The first kappa shape index (κ1) is 28.7. The molecular weight excluding hydrogens is 548 g/mol. The highest BCUT2D eigenvalue weighted by atomic mass is 32.2. The molecule has 2 aliphatic heterocycles. The molecule has 218 valence electrons. The fourth-order valence-electron chi connectivity index (χ4n) is 5.17. The molecule has 1 fully saturated rings. The number of fused-ring (bicyclic) bond motifs is 1. The number of morpholine rings is 1. The van der Waals surface area contributed by atoms with Gasteiger partial charge < -0.3 is 28.6 Å². The van der Waals surface area contributed by atoms with Crippen LogP contribution in [0.5, 0.6) is 23.0 Å². The monoisotopic (exact) mass is 582 g/mol. The largest absolute Gasteiger partial charge is 0.497 e. The van der Waals surface area contributed by atoms with Gasteiger partial charge in [0.2, 0.25) is 10.0 Å². The average molecular weight is 583 g/mol. The van der Waals surface area contributed by atoms with Crippen molar-refractivity contribution < 1.29 is 36.9 Å². The van der Waals surface area contributed by atoms with Crippen molar-refractivity contribution in [3.05, 3.63) is 77.4 Å². The molecule has 0 N–H and O–H groups in total. The first-order valence-electron chi connectivity index (χ1n) is 13.4. The number of hydrogen-bond acceptors (Lipinski definition) is 8. The molecule has 1 amide bonds. The third-order valence-electron chi connectivity index (χ3n) is 7.44. The summed E-state index contributed by atoms with van der Waals surface area (Å²) in [5, 5.41) is 0. The fraction of sp³-hybridized carbons (Fsp3) is 0.367. The van der Waals surface area contributed by atoms with Gasteiger partial charge in [0, 0.05) is 25.2 Å². The SMILES string of the molecule is COc1ccc(OC[C@@H]2c3cc(OC)c(OC)cc3CCN2C(=O)c2ccc(S(=O)(=O)N3CCOCC3)cc2)cc1. The van der Waals surface area contributed by atoms with E-state index in [1.165, 1.54) is 16.4 Å². The zero-order valence-corrected chi connectivity index (χ0v) is 24.2. The third-order valence-corrected chi connectivity index (χ3v) is 9.35. The van der Waals surface area contributed by atoms with Gasteiger partial charge in [-0.05, 0) is 78.2 Å². The number of carbonyl (C=O) groups is 1. The molecule has 3 aromatic rings. The number of benzene rings is 3. The predicted molar refractivity (Wildman–Crippen MR) is 152 cm³/mol. The summed E-state index contributed by atoms with van der Waals surface area (Å²) in [6.45, 7) is 1.99. The predicted octanol–water partition coefficient (Wildman–Crippen LogP) is 3.55.